The van der Waals surface area contributed by atoms with Crippen LogP contribution in [0, 0.1) is 16.7 Å². The van der Waals surface area contributed by atoms with E-state index in [1.165, 1.54) is 0 Å². The van der Waals surface area contributed by atoms with Crippen LogP contribution in [-0.2, 0) is 9.59 Å². The number of hydrogen-bond donors (Lipinski definition) is 0. The number of allylic oxidation sites excluding steroid dienone is 4. The van der Waals surface area contributed by atoms with Gasteiger partial charge in [-0.25, -0.2) is 0 Å². The van der Waals surface area contributed by atoms with Crippen molar-refractivity contribution in [3.63, 3.8) is 0 Å². The summed E-state index contributed by atoms with van der Waals surface area (Å²) in [6, 6.07) is 0. The minimum absolute atomic E-state index is 0.149. The summed E-state index contributed by atoms with van der Waals surface area (Å²) in [6.07, 6.45) is 4.36. The molecule has 17 heavy (non-hydrogen) atoms. The summed E-state index contributed by atoms with van der Waals surface area (Å²) in [5.41, 5.74) is 0.996. The van der Waals surface area contributed by atoms with Crippen molar-refractivity contribution in [3.8, 4) is 0 Å². The van der Waals surface area contributed by atoms with Gasteiger partial charge in [0.1, 0.15) is 6.29 Å². The first-order valence-corrected chi connectivity index (χ1v) is 6.01. The van der Waals surface area contributed by atoms with Crippen molar-refractivity contribution in [1.29, 1.82) is 0 Å². The van der Waals surface area contributed by atoms with E-state index in [1.54, 1.807) is 12.2 Å². The quantitative estimate of drug-likeness (QED) is 0.652. The molecule has 94 valence electrons. The standard InChI is InChI=1S/C15H22O2/c1-14(2,3)11-7-10(9-16)8-12(13(11)17)15(4,5)6/h7-9,11H,1-6H3. The van der Waals surface area contributed by atoms with Gasteiger partial charge >= 0.3 is 0 Å². The molecule has 0 spiro atoms. The maximum absolute atomic E-state index is 12.5. The van der Waals surface area contributed by atoms with Crippen LogP contribution in [0.2, 0.25) is 0 Å². The van der Waals surface area contributed by atoms with Crippen molar-refractivity contribution in [2.45, 2.75) is 41.5 Å². The van der Waals surface area contributed by atoms with Crippen LogP contribution in [0.3, 0.4) is 0 Å². The first-order valence-electron chi connectivity index (χ1n) is 6.01. The molecule has 0 aromatic heterocycles. The molecule has 0 bridgehead atoms. The van der Waals surface area contributed by atoms with Crippen molar-refractivity contribution in [3.05, 3.63) is 23.3 Å². The number of hydrogen-bond acceptors (Lipinski definition) is 2. The Bertz CT molecular complexity index is 398. The molecule has 1 unspecified atom stereocenters. The van der Waals surface area contributed by atoms with E-state index in [1.807, 2.05) is 41.5 Å². The summed E-state index contributed by atoms with van der Waals surface area (Å²) >= 11 is 0. The lowest BCUT2D eigenvalue weighted by atomic mass is 9.68. The largest absolute Gasteiger partial charge is 0.298 e. The topological polar surface area (TPSA) is 34.1 Å². The molecule has 1 aliphatic carbocycles. The van der Waals surface area contributed by atoms with Crippen LogP contribution in [0.4, 0.5) is 0 Å². The highest BCUT2D eigenvalue weighted by Gasteiger charge is 2.37. The number of aldehydes is 1. The van der Waals surface area contributed by atoms with Crippen molar-refractivity contribution in [1.82, 2.24) is 0 Å². The summed E-state index contributed by atoms with van der Waals surface area (Å²) in [4.78, 5) is 23.4. The van der Waals surface area contributed by atoms with Crippen LogP contribution in [0.25, 0.3) is 0 Å². The minimum atomic E-state index is -0.219. The van der Waals surface area contributed by atoms with Crippen LogP contribution in [0.1, 0.15) is 41.5 Å². The zero-order valence-corrected chi connectivity index (χ0v) is 11.6. The predicted molar refractivity (Wildman–Crippen MR) is 69.6 cm³/mol. The van der Waals surface area contributed by atoms with Crippen molar-refractivity contribution >= 4 is 12.1 Å². The van der Waals surface area contributed by atoms with Crippen molar-refractivity contribution in [2.75, 3.05) is 0 Å². The second-order valence-corrected chi connectivity index (χ2v) is 6.80. The van der Waals surface area contributed by atoms with Gasteiger partial charge in [-0.2, -0.15) is 0 Å². The Labute approximate surface area is 104 Å². The lowest BCUT2D eigenvalue weighted by Crippen LogP contribution is -2.34. The molecule has 0 saturated heterocycles. The summed E-state index contributed by atoms with van der Waals surface area (Å²) in [7, 11) is 0. The van der Waals surface area contributed by atoms with Crippen molar-refractivity contribution in [2.24, 2.45) is 16.7 Å². The van der Waals surface area contributed by atoms with Gasteiger partial charge in [0, 0.05) is 17.1 Å². The van der Waals surface area contributed by atoms with E-state index in [0.29, 0.717) is 5.57 Å². The van der Waals surface area contributed by atoms with Crippen LogP contribution in [-0.4, -0.2) is 12.1 Å². The van der Waals surface area contributed by atoms with E-state index in [4.69, 9.17) is 0 Å². The highest BCUT2D eigenvalue weighted by atomic mass is 16.1. The molecule has 0 amide bonds. The zero-order valence-electron chi connectivity index (χ0n) is 11.6. The molecule has 0 saturated carbocycles. The Morgan fingerprint density at radius 3 is 2.00 bits per heavy atom. The summed E-state index contributed by atoms with van der Waals surface area (Å²) < 4.78 is 0. The third-order valence-electron chi connectivity index (χ3n) is 3.10. The summed E-state index contributed by atoms with van der Waals surface area (Å²) in [6.45, 7) is 12.1. The van der Waals surface area contributed by atoms with E-state index >= 15 is 0 Å². The molecule has 1 rings (SSSR count). The fourth-order valence-electron chi connectivity index (χ4n) is 2.02. The van der Waals surface area contributed by atoms with E-state index in [9.17, 15) is 9.59 Å². The SMILES string of the molecule is CC(C)(C)C1=CC(C=O)=CC(C(C)(C)C)C1=O. The number of carbonyl (C=O) groups is 2. The Morgan fingerprint density at radius 1 is 1.12 bits per heavy atom. The normalized spacial score (nSPS) is 22.0. The van der Waals surface area contributed by atoms with Crippen LogP contribution in [0.15, 0.2) is 23.3 Å². The third kappa shape index (κ3) is 2.93. The summed E-state index contributed by atoms with van der Waals surface area (Å²) in [5, 5.41) is 0. The van der Waals surface area contributed by atoms with E-state index in [0.717, 1.165) is 11.9 Å². The molecular formula is C15H22O2. The van der Waals surface area contributed by atoms with E-state index in [-0.39, 0.29) is 22.5 Å². The fourth-order valence-corrected chi connectivity index (χ4v) is 2.02. The predicted octanol–water partition coefficient (Wildman–Crippen LogP) is 3.33. The molecule has 0 fully saturated rings. The van der Waals surface area contributed by atoms with Crippen LogP contribution < -0.4 is 0 Å². The molecule has 0 aromatic carbocycles. The van der Waals surface area contributed by atoms with Gasteiger partial charge in [0.05, 0.1) is 0 Å². The molecule has 2 heteroatoms. The van der Waals surface area contributed by atoms with Crippen molar-refractivity contribution < 1.29 is 9.59 Å². The zero-order chi connectivity index (χ0) is 13.4. The Hall–Kier alpha value is -1.18. The van der Waals surface area contributed by atoms with Gasteiger partial charge in [-0.05, 0) is 16.9 Å². The second-order valence-electron chi connectivity index (χ2n) is 6.80. The molecule has 0 N–H and O–H groups in total. The minimum Gasteiger partial charge on any atom is -0.298 e. The maximum atomic E-state index is 12.5. The molecular weight excluding hydrogens is 212 g/mol. The first kappa shape index (κ1) is 13.9. The molecule has 2 nitrogen and oxygen atoms in total. The molecule has 0 heterocycles. The maximum Gasteiger partial charge on any atom is 0.166 e. The molecule has 0 aromatic rings. The Morgan fingerprint density at radius 2 is 1.65 bits per heavy atom. The van der Waals surface area contributed by atoms with Gasteiger partial charge < -0.3 is 0 Å². The molecule has 0 radical (unpaired) electrons. The van der Waals surface area contributed by atoms with E-state index in [2.05, 4.69) is 0 Å². The highest BCUT2D eigenvalue weighted by molar-refractivity contribution is 6.03. The van der Waals surface area contributed by atoms with Crippen LogP contribution >= 0.6 is 0 Å². The van der Waals surface area contributed by atoms with Gasteiger partial charge in [-0.15, -0.1) is 0 Å². The number of ketones is 1. The van der Waals surface area contributed by atoms with Gasteiger partial charge in [0.2, 0.25) is 0 Å². The number of Topliss-reactive ketones (excluding diaryl/α,β-unsaturated/α-hetero) is 1. The smallest absolute Gasteiger partial charge is 0.166 e. The fraction of sp³-hybridized carbons (Fsp3) is 0.600. The monoisotopic (exact) mass is 234 g/mol. The second kappa shape index (κ2) is 4.25. The molecule has 1 atom stereocenters. The average Bonchev–Trinajstić information content (AvgIpc) is 2.14. The number of rotatable bonds is 1. The first-order chi connectivity index (χ1) is 7.57. The van der Waals surface area contributed by atoms with Gasteiger partial charge in [0.25, 0.3) is 0 Å². The van der Waals surface area contributed by atoms with Crippen LogP contribution in [0.5, 0.6) is 0 Å². The third-order valence-corrected chi connectivity index (χ3v) is 3.10. The lowest BCUT2D eigenvalue weighted by molar-refractivity contribution is -0.121. The molecule has 1 aliphatic rings. The van der Waals surface area contributed by atoms with Gasteiger partial charge in [0.15, 0.2) is 5.78 Å². The summed E-state index contributed by atoms with van der Waals surface area (Å²) in [5.74, 6) is -0.0578. The molecule has 0 aliphatic heterocycles. The Kier molecular flexibility index (Phi) is 3.47. The average molecular weight is 234 g/mol. The van der Waals surface area contributed by atoms with Gasteiger partial charge in [-0.3, -0.25) is 9.59 Å². The van der Waals surface area contributed by atoms with E-state index < -0.39 is 0 Å². The highest BCUT2D eigenvalue weighted by Crippen LogP contribution is 2.39. The lowest BCUT2D eigenvalue weighted by Gasteiger charge is -2.34. The van der Waals surface area contributed by atoms with Gasteiger partial charge in [-0.1, -0.05) is 47.6 Å². The Balaban J connectivity index is 3.28. The number of carbonyl (C=O) groups excluding carboxylic acids is 2.